The molecule has 1 aromatic rings. The molecule has 0 amide bonds. The molecule has 1 aromatic carbocycles. The lowest BCUT2D eigenvalue weighted by atomic mass is 10.1. The van der Waals surface area contributed by atoms with Crippen LogP contribution < -0.4 is 4.74 Å². The molecule has 4 nitrogen and oxygen atoms in total. The molecule has 23 heavy (non-hydrogen) atoms. The summed E-state index contributed by atoms with van der Waals surface area (Å²) in [6.45, 7) is 1.81. The van der Waals surface area contributed by atoms with E-state index in [0.717, 1.165) is 37.7 Å². The number of aliphatic hydroxyl groups excluding tert-OH is 1. The molecule has 0 aliphatic carbocycles. The highest BCUT2D eigenvalue weighted by Crippen LogP contribution is 2.26. The molecule has 0 aliphatic rings. The Morgan fingerprint density at radius 2 is 2.09 bits per heavy atom. The van der Waals surface area contributed by atoms with E-state index in [4.69, 9.17) is 9.84 Å². The van der Waals surface area contributed by atoms with Gasteiger partial charge in [0.1, 0.15) is 0 Å². The molecule has 1 rings (SSSR count). The van der Waals surface area contributed by atoms with E-state index >= 15 is 0 Å². The molecule has 0 saturated carbocycles. The number of carbonyl (C=O) groups is 1. The number of aryl methyl sites for hydroxylation is 1. The Hall–Kier alpha value is -1.81. The Morgan fingerprint density at radius 3 is 2.78 bits per heavy atom. The van der Waals surface area contributed by atoms with Crippen LogP contribution in [0.3, 0.4) is 0 Å². The van der Waals surface area contributed by atoms with Crippen LogP contribution in [0.1, 0.15) is 51.0 Å². The quantitative estimate of drug-likeness (QED) is 0.481. The summed E-state index contributed by atoms with van der Waals surface area (Å²) < 4.78 is 5.05. The lowest BCUT2D eigenvalue weighted by Crippen LogP contribution is -1.98. The number of unbranched alkanes of at least 4 members (excludes halogenated alkanes) is 3. The standard InChI is InChI=1S/C19H28O4/c1-15(20)8-6-4-3-5-7-9-17(21)12-10-16-11-13-18(22)19(14-16)23-2/h7,9,11,13-15,20,22H,3-6,8,10,12H2,1-2H3/b9-7+/t15-/m0/s1. The third-order valence-electron chi connectivity index (χ3n) is 3.70. The van der Waals surface area contributed by atoms with Gasteiger partial charge in [0.25, 0.3) is 0 Å². The molecule has 0 bridgehead atoms. The van der Waals surface area contributed by atoms with Gasteiger partial charge in [-0.2, -0.15) is 0 Å². The minimum Gasteiger partial charge on any atom is -0.504 e. The van der Waals surface area contributed by atoms with Crippen molar-refractivity contribution in [1.82, 2.24) is 0 Å². The summed E-state index contributed by atoms with van der Waals surface area (Å²) in [7, 11) is 1.51. The van der Waals surface area contributed by atoms with Gasteiger partial charge in [0.2, 0.25) is 0 Å². The van der Waals surface area contributed by atoms with Crippen molar-refractivity contribution in [2.45, 2.75) is 58.0 Å². The zero-order valence-electron chi connectivity index (χ0n) is 14.1. The first kappa shape index (κ1) is 19.2. The molecule has 0 aromatic heterocycles. The van der Waals surface area contributed by atoms with E-state index in [-0.39, 0.29) is 17.6 Å². The van der Waals surface area contributed by atoms with Crippen LogP contribution >= 0.6 is 0 Å². The predicted molar refractivity (Wildman–Crippen MR) is 91.9 cm³/mol. The molecule has 4 heteroatoms. The number of hydrogen-bond acceptors (Lipinski definition) is 4. The molecule has 1 atom stereocenters. The number of phenols is 1. The normalized spacial score (nSPS) is 12.5. The smallest absolute Gasteiger partial charge is 0.160 e. The second-order valence-corrected chi connectivity index (χ2v) is 5.86. The van der Waals surface area contributed by atoms with Gasteiger partial charge >= 0.3 is 0 Å². The number of ketones is 1. The lowest BCUT2D eigenvalue weighted by molar-refractivity contribution is -0.114. The van der Waals surface area contributed by atoms with Gasteiger partial charge in [-0.25, -0.2) is 0 Å². The van der Waals surface area contributed by atoms with Gasteiger partial charge in [0.15, 0.2) is 17.3 Å². The Kier molecular flexibility index (Phi) is 9.07. The first-order valence-electron chi connectivity index (χ1n) is 8.26. The van der Waals surface area contributed by atoms with E-state index in [1.54, 1.807) is 24.3 Å². The summed E-state index contributed by atoms with van der Waals surface area (Å²) in [5.41, 5.74) is 0.972. The monoisotopic (exact) mass is 320 g/mol. The number of allylic oxidation sites excluding steroid dienone is 2. The van der Waals surface area contributed by atoms with E-state index in [9.17, 15) is 9.90 Å². The third kappa shape index (κ3) is 8.41. The fourth-order valence-electron chi connectivity index (χ4n) is 2.32. The van der Waals surface area contributed by atoms with Crippen LogP contribution in [0.15, 0.2) is 30.4 Å². The van der Waals surface area contributed by atoms with Crippen LogP contribution in [0.5, 0.6) is 11.5 Å². The van der Waals surface area contributed by atoms with Crippen molar-refractivity contribution < 1.29 is 19.7 Å². The van der Waals surface area contributed by atoms with Gasteiger partial charge in [0, 0.05) is 6.42 Å². The summed E-state index contributed by atoms with van der Waals surface area (Å²) in [6, 6.07) is 5.15. The van der Waals surface area contributed by atoms with Gasteiger partial charge in [-0.05, 0) is 56.4 Å². The van der Waals surface area contributed by atoms with Gasteiger partial charge < -0.3 is 14.9 Å². The highest BCUT2D eigenvalue weighted by molar-refractivity contribution is 5.89. The summed E-state index contributed by atoms with van der Waals surface area (Å²) in [5, 5.41) is 18.7. The Bertz CT molecular complexity index is 506. The second kappa shape index (κ2) is 10.8. The van der Waals surface area contributed by atoms with E-state index in [1.807, 2.05) is 13.0 Å². The van der Waals surface area contributed by atoms with Crippen molar-refractivity contribution in [3.8, 4) is 11.5 Å². The molecule has 0 saturated heterocycles. The number of methoxy groups -OCH3 is 1. The van der Waals surface area contributed by atoms with Crippen molar-refractivity contribution in [2.75, 3.05) is 7.11 Å². The molecule has 0 heterocycles. The molecule has 128 valence electrons. The van der Waals surface area contributed by atoms with Gasteiger partial charge in [-0.15, -0.1) is 0 Å². The fraction of sp³-hybridized carbons (Fsp3) is 0.526. The maximum Gasteiger partial charge on any atom is 0.160 e. The summed E-state index contributed by atoms with van der Waals surface area (Å²) >= 11 is 0. The molecule has 0 radical (unpaired) electrons. The number of benzene rings is 1. The van der Waals surface area contributed by atoms with Crippen LogP contribution in [-0.4, -0.2) is 29.2 Å². The van der Waals surface area contributed by atoms with Crippen molar-refractivity contribution >= 4 is 5.78 Å². The average Bonchev–Trinajstić information content (AvgIpc) is 2.52. The van der Waals surface area contributed by atoms with E-state index < -0.39 is 0 Å². The lowest BCUT2D eigenvalue weighted by Gasteiger charge is -2.05. The van der Waals surface area contributed by atoms with Gasteiger partial charge in [-0.1, -0.05) is 25.0 Å². The highest BCUT2D eigenvalue weighted by atomic mass is 16.5. The van der Waals surface area contributed by atoms with E-state index in [2.05, 4.69) is 0 Å². The number of ether oxygens (including phenoxy) is 1. The molecular formula is C19H28O4. The maximum atomic E-state index is 11.8. The van der Waals surface area contributed by atoms with Crippen LogP contribution in [0.2, 0.25) is 0 Å². The molecule has 2 N–H and O–H groups in total. The second-order valence-electron chi connectivity index (χ2n) is 5.86. The molecule has 0 fully saturated rings. The summed E-state index contributed by atoms with van der Waals surface area (Å²) in [6.07, 6.45) is 9.36. The molecule has 0 unspecified atom stereocenters. The topological polar surface area (TPSA) is 66.8 Å². The summed E-state index contributed by atoms with van der Waals surface area (Å²) in [4.78, 5) is 11.8. The van der Waals surface area contributed by atoms with Crippen molar-refractivity contribution in [3.63, 3.8) is 0 Å². The maximum absolute atomic E-state index is 11.8. The largest absolute Gasteiger partial charge is 0.504 e. The molecule has 0 aliphatic heterocycles. The first-order chi connectivity index (χ1) is 11.0. The zero-order chi connectivity index (χ0) is 17.1. The number of rotatable bonds is 11. The van der Waals surface area contributed by atoms with Gasteiger partial charge in [0.05, 0.1) is 13.2 Å². The van der Waals surface area contributed by atoms with E-state index in [1.165, 1.54) is 7.11 Å². The van der Waals surface area contributed by atoms with Crippen molar-refractivity contribution in [3.05, 3.63) is 35.9 Å². The number of phenolic OH excluding ortho intramolecular Hbond substituents is 1. The highest BCUT2D eigenvalue weighted by Gasteiger charge is 2.04. The van der Waals surface area contributed by atoms with E-state index in [0.29, 0.717) is 18.6 Å². The number of aromatic hydroxyl groups is 1. The number of carbonyl (C=O) groups excluding carboxylic acids is 1. The Morgan fingerprint density at radius 1 is 1.30 bits per heavy atom. The molecule has 0 spiro atoms. The minimum atomic E-state index is -0.217. The first-order valence-corrected chi connectivity index (χ1v) is 8.26. The zero-order valence-corrected chi connectivity index (χ0v) is 14.1. The minimum absolute atomic E-state index is 0.109. The third-order valence-corrected chi connectivity index (χ3v) is 3.70. The number of aliphatic hydroxyl groups is 1. The number of hydrogen-bond donors (Lipinski definition) is 2. The van der Waals surface area contributed by atoms with Crippen LogP contribution in [0.25, 0.3) is 0 Å². The average molecular weight is 320 g/mol. The Labute approximate surface area is 138 Å². The predicted octanol–water partition coefficient (Wildman–Crippen LogP) is 3.79. The van der Waals surface area contributed by atoms with Crippen molar-refractivity contribution in [1.29, 1.82) is 0 Å². The fourth-order valence-corrected chi connectivity index (χ4v) is 2.32. The van der Waals surface area contributed by atoms with Crippen LogP contribution in [-0.2, 0) is 11.2 Å². The SMILES string of the molecule is COc1cc(CCC(=O)/C=C/CCCCC[C@H](C)O)ccc1O. The summed E-state index contributed by atoms with van der Waals surface area (Å²) in [5.74, 6) is 0.654. The van der Waals surface area contributed by atoms with Gasteiger partial charge in [-0.3, -0.25) is 4.79 Å². The molecular weight excluding hydrogens is 292 g/mol. The van der Waals surface area contributed by atoms with Crippen LogP contribution in [0, 0.1) is 0 Å². The van der Waals surface area contributed by atoms with Crippen molar-refractivity contribution in [2.24, 2.45) is 0 Å². The Balaban J connectivity index is 2.22. The van der Waals surface area contributed by atoms with Crippen LogP contribution in [0.4, 0.5) is 0 Å².